The average Bonchev–Trinajstić information content (AvgIpc) is 2.84. The van der Waals surface area contributed by atoms with Crippen LogP contribution in [0.2, 0.25) is 0 Å². The number of nitrogens with one attached hydrogen (secondary N) is 1. The summed E-state index contributed by atoms with van der Waals surface area (Å²) in [5.41, 5.74) is 2.84. The molecule has 7 heteroatoms. The van der Waals surface area contributed by atoms with Crippen molar-refractivity contribution in [2.45, 2.75) is 12.8 Å². The number of anilines is 1. The Kier molecular flexibility index (Phi) is 6.33. The first kappa shape index (κ1) is 20.7. The second kappa shape index (κ2) is 9.49. The summed E-state index contributed by atoms with van der Waals surface area (Å²) in [7, 11) is 0. The van der Waals surface area contributed by atoms with Crippen molar-refractivity contribution in [1.82, 2.24) is 14.9 Å². The van der Waals surface area contributed by atoms with Crippen molar-refractivity contribution >= 4 is 17.5 Å². The number of benzene rings is 2. The van der Waals surface area contributed by atoms with Gasteiger partial charge in [0.25, 0.3) is 11.8 Å². The van der Waals surface area contributed by atoms with Crippen LogP contribution in [0.3, 0.4) is 0 Å². The van der Waals surface area contributed by atoms with E-state index in [-0.39, 0.29) is 30.0 Å². The van der Waals surface area contributed by atoms with E-state index in [4.69, 9.17) is 0 Å². The van der Waals surface area contributed by atoms with Crippen molar-refractivity contribution in [2.24, 2.45) is 5.92 Å². The first-order valence-corrected chi connectivity index (χ1v) is 10.3. The van der Waals surface area contributed by atoms with Gasteiger partial charge in [-0.05, 0) is 43.0 Å². The Labute approximate surface area is 180 Å². The Balaban J connectivity index is 1.45. The molecule has 1 aliphatic heterocycles. The van der Waals surface area contributed by atoms with Crippen LogP contribution in [-0.4, -0.2) is 51.5 Å². The average molecular weight is 416 g/mol. The van der Waals surface area contributed by atoms with Gasteiger partial charge in [0.1, 0.15) is 5.69 Å². The summed E-state index contributed by atoms with van der Waals surface area (Å²) in [5, 5.41) is 12.1. The molecule has 3 aromatic rings. The summed E-state index contributed by atoms with van der Waals surface area (Å²) in [5.74, 6) is -0.0555. The first-order valence-electron chi connectivity index (χ1n) is 10.3. The number of nitrogens with zero attached hydrogens (tertiary/aromatic N) is 3. The lowest BCUT2D eigenvalue weighted by Crippen LogP contribution is -2.39. The molecule has 0 saturated carbocycles. The molecule has 2 N–H and O–H groups in total. The minimum absolute atomic E-state index is 0.00925. The molecule has 0 bridgehead atoms. The van der Waals surface area contributed by atoms with Gasteiger partial charge in [-0.15, -0.1) is 0 Å². The van der Waals surface area contributed by atoms with Crippen LogP contribution in [0.5, 0.6) is 0 Å². The number of hydrogen-bond donors (Lipinski definition) is 2. The first-order chi connectivity index (χ1) is 15.1. The van der Waals surface area contributed by atoms with Crippen molar-refractivity contribution in [3.8, 4) is 11.3 Å². The second-order valence-corrected chi connectivity index (χ2v) is 7.61. The summed E-state index contributed by atoms with van der Waals surface area (Å²) < 4.78 is 0. The predicted octanol–water partition coefficient (Wildman–Crippen LogP) is 3.24. The zero-order chi connectivity index (χ0) is 21.6. The van der Waals surface area contributed by atoms with E-state index in [0.717, 1.165) is 18.4 Å². The smallest absolute Gasteiger partial charge is 0.275 e. The van der Waals surface area contributed by atoms with E-state index in [1.807, 2.05) is 35.2 Å². The largest absolute Gasteiger partial charge is 0.396 e. The summed E-state index contributed by atoms with van der Waals surface area (Å²) in [6.07, 6.45) is 4.67. The van der Waals surface area contributed by atoms with Gasteiger partial charge in [0, 0.05) is 36.5 Å². The van der Waals surface area contributed by atoms with Crippen molar-refractivity contribution in [3.63, 3.8) is 0 Å². The van der Waals surface area contributed by atoms with Crippen LogP contribution >= 0.6 is 0 Å². The van der Waals surface area contributed by atoms with Gasteiger partial charge >= 0.3 is 0 Å². The highest BCUT2D eigenvalue weighted by atomic mass is 16.3. The number of aliphatic hydroxyl groups is 1. The van der Waals surface area contributed by atoms with Crippen LogP contribution in [0.4, 0.5) is 5.69 Å². The minimum Gasteiger partial charge on any atom is -0.396 e. The van der Waals surface area contributed by atoms with E-state index >= 15 is 0 Å². The zero-order valence-electron chi connectivity index (χ0n) is 17.1. The van der Waals surface area contributed by atoms with Crippen molar-refractivity contribution in [2.75, 3.05) is 25.0 Å². The van der Waals surface area contributed by atoms with Crippen molar-refractivity contribution in [1.29, 1.82) is 0 Å². The van der Waals surface area contributed by atoms with Gasteiger partial charge in [0.15, 0.2) is 0 Å². The van der Waals surface area contributed by atoms with Crippen LogP contribution in [0, 0.1) is 5.92 Å². The molecule has 4 rings (SSSR count). The Hall–Kier alpha value is -3.58. The number of amides is 2. The fourth-order valence-corrected chi connectivity index (χ4v) is 3.62. The van der Waals surface area contributed by atoms with Crippen molar-refractivity contribution < 1.29 is 14.7 Å². The van der Waals surface area contributed by atoms with Gasteiger partial charge in [0.05, 0.1) is 18.1 Å². The number of aromatic nitrogens is 2. The van der Waals surface area contributed by atoms with E-state index in [9.17, 15) is 14.7 Å². The number of carbonyl (C=O) groups excluding carboxylic acids is 2. The molecule has 158 valence electrons. The predicted molar refractivity (Wildman–Crippen MR) is 118 cm³/mol. The number of para-hydroxylation sites is 1. The van der Waals surface area contributed by atoms with Gasteiger partial charge in [-0.3, -0.25) is 14.6 Å². The Morgan fingerprint density at radius 3 is 2.39 bits per heavy atom. The molecule has 0 unspecified atom stereocenters. The van der Waals surface area contributed by atoms with Gasteiger partial charge in [-0.2, -0.15) is 0 Å². The fraction of sp³-hybridized carbons (Fsp3) is 0.250. The maximum absolute atomic E-state index is 12.7. The molecular weight excluding hydrogens is 392 g/mol. The van der Waals surface area contributed by atoms with E-state index in [2.05, 4.69) is 15.3 Å². The molecule has 2 amide bonds. The summed E-state index contributed by atoms with van der Waals surface area (Å²) in [4.78, 5) is 35.6. The lowest BCUT2D eigenvalue weighted by molar-refractivity contribution is 0.0651. The third kappa shape index (κ3) is 4.95. The van der Waals surface area contributed by atoms with Crippen LogP contribution in [0.25, 0.3) is 11.3 Å². The molecule has 2 aromatic carbocycles. The maximum atomic E-state index is 12.7. The quantitative estimate of drug-likeness (QED) is 0.666. The number of carbonyl (C=O) groups is 2. The monoisotopic (exact) mass is 416 g/mol. The maximum Gasteiger partial charge on any atom is 0.275 e. The minimum atomic E-state index is -0.335. The Bertz CT molecular complexity index is 1050. The SMILES string of the molecule is O=C(Nc1ccccc1)c1cncc(-c2ccc(C(=O)N3CCC(CO)CC3)cc2)n1. The van der Waals surface area contributed by atoms with Gasteiger partial charge < -0.3 is 15.3 Å². The molecule has 0 spiro atoms. The molecule has 2 heterocycles. The third-order valence-corrected chi connectivity index (χ3v) is 5.49. The van der Waals surface area contributed by atoms with Crippen LogP contribution in [-0.2, 0) is 0 Å². The molecule has 1 fully saturated rings. The topological polar surface area (TPSA) is 95.4 Å². The molecule has 1 saturated heterocycles. The van der Waals surface area contributed by atoms with Gasteiger partial charge in [-0.1, -0.05) is 30.3 Å². The standard InChI is InChI=1S/C24H24N4O3/c29-16-17-10-12-28(13-11-17)24(31)19-8-6-18(7-9-19)21-14-25-15-22(27-21)23(30)26-20-4-2-1-3-5-20/h1-9,14-15,17,29H,10-13,16H2,(H,26,30). The highest BCUT2D eigenvalue weighted by molar-refractivity contribution is 6.03. The van der Waals surface area contributed by atoms with Crippen LogP contribution < -0.4 is 5.32 Å². The van der Waals surface area contributed by atoms with Gasteiger partial charge in [-0.25, -0.2) is 4.98 Å². The summed E-state index contributed by atoms with van der Waals surface area (Å²) in [6, 6.07) is 16.3. The summed E-state index contributed by atoms with van der Waals surface area (Å²) >= 11 is 0. The summed E-state index contributed by atoms with van der Waals surface area (Å²) in [6.45, 7) is 1.51. The highest BCUT2D eigenvalue weighted by Gasteiger charge is 2.23. The molecule has 0 radical (unpaired) electrons. The molecule has 31 heavy (non-hydrogen) atoms. The lowest BCUT2D eigenvalue weighted by Gasteiger charge is -2.31. The molecule has 1 aromatic heterocycles. The van der Waals surface area contributed by atoms with Crippen LogP contribution in [0.15, 0.2) is 67.0 Å². The van der Waals surface area contributed by atoms with E-state index in [1.54, 1.807) is 30.5 Å². The molecule has 0 aliphatic carbocycles. The van der Waals surface area contributed by atoms with Gasteiger partial charge in [0.2, 0.25) is 0 Å². The second-order valence-electron chi connectivity index (χ2n) is 7.61. The number of aliphatic hydroxyl groups excluding tert-OH is 1. The van der Waals surface area contributed by atoms with E-state index in [1.165, 1.54) is 6.20 Å². The number of hydrogen-bond acceptors (Lipinski definition) is 5. The highest BCUT2D eigenvalue weighted by Crippen LogP contribution is 2.21. The Morgan fingerprint density at radius 1 is 1.00 bits per heavy atom. The number of piperidine rings is 1. The molecular formula is C24H24N4O3. The number of rotatable bonds is 5. The third-order valence-electron chi connectivity index (χ3n) is 5.49. The van der Waals surface area contributed by atoms with E-state index < -0.39 is 0 Å². The lowest BCUT2D eigenvalue weighted by atomic mass is 9.97. The Morgan fingerprint density at radius 2 is 1.71 bits per heavy atom. The van der Waals surface area contributed by atoms with E-state index in [0.29, 0.717) is 30.0 Å². The zero-order valence-corrected chi connectivity index (χ0v) is 17.1. The molecule has 7 nitrogen and oxygen atoms in total. The number of likely N-dealkylation sites (tertiary alicyclic amines) is 1. The molecule has 0 atom stereocenters. The fourth-order valence-electron chi connectivity index (χ4n) is 3.62. The van der Waals surface area contributed by atoms with Crippen molar-refractivity contribution in [3.05, 3.63) is 78.2 Å². The van der Waals surface area contributed by atoms with Crippen LogP contribution in [0.1, 0.15) is 33.7 Å². The molecule has 1 aliphatic rings. The normalized spacial score (nSPS) is 14.3.